The number of nitrogens with zero attached hydrogens (tertiary/aromatic N) is 2. The fraction of sp³-hybridized carbons (Fsp3) is 0.200. The average molecular weight is 495 g/mol. The molecule has 0 aliphatic carbocycles. The number of fused-ring (bicyclic) bond motifs is 1. The standard InChI is InChI=1S/C30H30N4O3/c1-21-11-13-27-25(17-20-34(27)24-8-3-2-4-9-24)29(21)30(36)31-23-15-18-33(19-16-23)26-10-6-5-7-22(26)12-14-28(35)32-37/h2-14,17,20,23,37H,15-16,18-19H2,1H3,(H,31,36)(H,32,35). The molecule has 37 heavy (non-hydrogen) atoms. The highest BCUT2D eigenvalue weighted by Crippen LogP contribution is 2.28. The Kier molecular flexibility index (Phi) is 7.05. The zero-order chi connectivity index (χ0) is 25.8. The molecule has 2 heterocycles. The second kappa shape index (κ2) is 10.7. The summed E-state index contributed by atoms with van der Waals surface area (Å²) in [4.78, 5) is 27.2. The van der Waals surface area contributed by atoms with Crippen molar-refractivity contribution < 1.29 is 14.8 Å². The van der Waals surface area contributed by atoms with Crippen LogP contribution in [-0.4, -0.2) is 40.7 Å². The molecule has 1 aliphatic rings. The Morgan fingerprint density at radius 2 is 1.68 bits per heavy atom. The van der Waals surface area contributed by atoms with Crippen molar-refractivity contribution in [2.75, 3.05) is 18.0 Å². The monoisotopic (exact) mass is 494 g/mol. The summed E-state index contributed by atoms with van der Waals surface area (Å²) < 4.78 is 2.11. The summed E-state index contributed by atoms with van der Waals surface area (Å²) in [6.45, 7) is 3.56. The molecule has 5 rings (SSSR count). The first-order chi connectivity index (χ1) is 18.0. The molecule has 4 aromatic rings. The van der Waals surface area contributed by atoms with E-state index in [2.05, 4.69) is 33.0 Å². The maximum atomic E-state index is 13.5. The van der Waals surface area contributed by atoms with Crippen molar-refractivity contribution in [2.45, 2.75) is 25.8 Å². The van der Waals surface area contributed by atoms with E-state index in [1.165, 1.54) is 6.08 Å². The van der Waals surface area contributed by atoms with Gasteiger partial charge in [-0.25, -0.2) is 5.48 Å². The van der Waals surface area contributed by atoms with Gasteiger partial charge in [0.25, 0.3) is 11.8 Å². The minimum atomic E-state index is -0.569. The third kappa shape index (κ3) is 5.13. The predicted molar refractivity (Wildman–Crippen MR) is 146 cm³/mol. The van der Waals surface area contributed by atoms with E-state index >= 15 is 0 Å². The Bertz CT molecular complexity index is 1450. The summed E-state index contributed by atoms with van der Waals surface area (Å²) in [6, 6.07) is 24.2. The van der Waals surface area contributed by atoms with Crippen LogP contribution in [-0.2, 0) is 4.79 Å². The Morgan fingerprint density at radius 1 is 0.946 bits per heavy atom. The van der Waals surface area contributed by atoms with Gasteiger partial charge in [-0.15, -0.1) is 0 Å². The summed E-state index contributed by atoms with van der Waals surface area (Å²) >= 11 is 0. The number of anilines is 1. The van der Waals surface area contributed by atoms with E-state index in [-0.39, 0.29) is 11.9 Å². The molecule has 1 aliphatic heterocycles. The third-order valence-electron chi connectivity index (χ3n) is 6.97. The number of benzene rings is 3. The normalized spacial score (nSPS) is 14.3. The van der Waals surface area contributed by atoms with Crippen LogP contribution < -0.4 is 15.7 Å². The summed E-state index contributed by atoms with van der Waals surface area (Å²) in [5.74, 6) is -0.605. The van der Waals surface area contributed by atoms with Crippen LogP contribution in [0.4, 0.5) is 5.69 Å². The highest BCUT2D eigenvalue weighted by molar-refractivity contribution is 6.08. The van der Waals surface area contributed by atoms with Gasteiger partial charge in [0.15, 0.2) is 0 Å². The van der Waals surface area contributed by atoms with Crippen LogP contribution >= 0.6 is 0 Å². The van der Waals surface area contributed by atoms with Gasteiger partial charge in [0.05, 0.1) is 11.1 Å². The van der Waals surface area contributed by atoms with Crippen molar-refractivity contribution >= 4 is 34.5 Å². The van der Waals surface area contributed by atoms with Gasteiger partial charge >= 0.3 is 0 Å². The zero-order valence-corrected chi connectivity index (χ0v) is 20.7. The van der Waals surface area contributed by atoms with E-state index in [4.69, 9.17) is 5.21 Å². The van der Waals surface area contributed by atoms with Crippen molar-refractivity contribution in [1.29, 1.82) is 0 Å². The topological polar surface area (TPSA) is 86.6 Å². The third-order valence-corrected chi connectivity index (χ3v) is 6.97. The van der Waals surface area contributed by atoms with Crippen molar-refractivity contribution in [3.63, 3.8) is 0 Å². The van der Waals surface area contributed by atoms with E-state index in [0.717, 1.165) is 64.9 Å². The van der Waals surface area contributed by atoms with Crippen molar-refractivity contribution in [1.82, 2.24) is 15.4 Å². The minimum absolute atomic E-state index is 0.0364. The smallest absolute Gasteiger partial charge is 0.267 e. The van der Waals surface area contributed by atoms with E-state index in [1.807, 2.05) is 67.7 Å². The van der Waals surface area contributed by atoms with Crippen LogP contribution in [0.2, 0.25) is 0 Å². The Balaban J connectivity index is 1.29. The van der Waals surface area contributed by atoms with Crippen LogP contribution in [0.3, 0.4) is 0 Å². The van der Waals surface area contributed by atoms with Crippen molar-refractivity contribution in [2.24, 2.45) is 0 Å². The number of hydrogen-bond donors (Lipinski definition) is 3. The fourth-order valence-corrected chi connectivity index (χ4v) is 5.08. The lowest BCUT2D eigenvalue weighted by Gasteiger charge is -2.35. The first-order valence-corrected chi connectivity index (χ1v) is 12.5. The number of hydroxylamine groups is 1. The number of aromatic nitrogens is 1. The molecule has 2 amide bonds. The van der Waals surface area contributed by atoms with Gasteiger partial charge in [0, 0.05) is 48.2 Å². The van der Waals surface area contributed by atoms with Crippen LogP contribution in [0.25, 0.3) is 22.7 Å². The molecule has 0 atom stereocenters. The number of amides is 2. The first kappa shape index (κ1) is 24.3. The van der Waals surface area contributed by atoms with Crippen molar-refractivity contribution in [3.05, 3.63) is 102 Å². The summed E-state index contributed by atoms with van der Waals surface area (Å²) in [6.07, 6.45) is 6.66. The summed E-state index contributed by atoms with van der Waals surface area (Å²) in [7, 11) is 0. The lowest BCUT2D eigenvalue weighted by Crippen LogP contribution is -2.45. The van der Waals surface area contributed by atoms with Crippen molar-refractivity contribution in [3.8, 4) is 5.69 Å². The number of aryl methyl sites for hydroxylation is 1. The molecule has 1 saturated heterocycles. The van der Waals surface area contributed by atoms with Crippen LogP contribution in [0.5, 0.6) is 0 Å². The van der Waals surface area contributed by atoms with Crippen LogP contribution in [0.1, 0.15) is 34.3 Å². The molecule has 1 fully saturated rings. The molecule has 0 radical (unpaired) electrons. The molecule has 7 nitrogen and oxygen atoms in total. The summed E-state index contributed by atoms with van der Waals surface area (Å²) in [5, 5.41) is 13.0. The quantitative estimate of drug-likeness (QED) is 0.203. The molecule has 0 saturated carbocycles. The van der Waals surface area contributed by atoms with E-state index in [0.29, 0.717) is 0 Å². The van der Waals surface area contributed by atoms with Gasteiger partial charge in [-0.05, 0) is 67.3 Å². The number of hydrogen-bond acceptors (Lipinski definition) is 4. The number of rotatable bonds is 6. The Hall–Kier alpha value is -4.36. The lowest BCUT2D eigenvalue weighted by molar-refractivity contribution is -0.124. The van der Waals surface area contributed by atoms with E-state index in [1.54, 1.807) is 11.6 Å². The average Bonchev–Trinajstić information content (AvgIpc) is 3.36. The Morgan fingerprint density at radius 3 is 2.43 bits per heavy atom. The van der Waals surface area contributed by atoms with Gasteiger partial charge in [-0.1, -0.05) is 42.5 Å². The van der Waals surface area contributed by atoms with Crippen LogP contribution in [0, 0.1) is 6.92 Å². The largest absolute Gasteiger partial charge is 0.371 e. The van der Waals surface area contributed by atoms with Gasteiger partial charge in [0.2, 0.25) is 0 Å². The van der Waals surface area contributed by atoms with E-state index in [9.17, 15) is 9.59 Å². The van der Waals surface area contributed by atoms with Gasteiger partial charge in [0.1, 0.15) is 0 Å². The van der Waals surface area contributed by atoms with Gasteiger partial charge in [-0.2, -0.15) is 0 Å². The molecule has 188 valence electrons. The molecule has 0 spiro atoms. The second-order valence-electron chi connectivity index (χ2n) is 9.31. The lowest BCUT2D eigenvalue weighted by atomic mass is 10.00. The Labute approximate surface area is 216 Å². The molecular weight excluding hydrogens is 464 g/mol. The number of nitrogens with one attached hydrogen (secondary N) is 2. The highest BCUT2D eigenvalue weighted by Gasteiger charge is 2.24. The van der Waals surface area contributed by atoms with Gasteiger partial charge < -0.3 is 14.8 Å². The van der Waals surface area contributed by atoms with E-state index < -0.39 is 5.91 Å². The number of para-hydroxylation sites is 2. The molecular formula is C30H30N4O3. The summed E-state index contributed by atoms with van der Waals surface area (Å²) in [5.41, 5.74) is 7.30. The fourth-order valence-electron chi connectivity index (χ4n) is 5.08. The molecule has 0 bridgehead atoms. The number of piperidine rings is 1. The second-order valence-corrected chi connectivity index (χ2v) is 9.31. The zero-order valence-electron chi connectivity index (χ0n) is 20.7. The SMILES string of the molecule is Cc1ccc2c(ccn2-c2ccccc2)c1C(=O)NC1CCN(c2ccccc2C=CC(=O)NO)CC1. The minimum Gasteiger partial charge on any atom is -0.371 e. The maximum absolute atomic E-state index is 13.5. The number of carbonyl (C=O) groups excluding carboxylic acids is 2. The highest BCUT2D eigenvalue weighted by atomic mass is 16.5. The van der Waals surface area contributed by atoms with Gasteiger partial charge in [-0.3, -0.25) is 14.8 Å². The molecule has 1 aromatic heterocycles. The molecule has 3 N–H and O–H groups in total. The number of carbonyl (C=O) groups is 2. The molecule has 0 unspecified atom stereocenters. The molecule has 7 heteroatoms. The maximum Gasteiger partial charge on any atom is 0.267 e. The predicted octanol–water partition coefficient (Wildman–Crippen LogP) is 4.86. The molecule has 3 aromatic carbocycles. The van der Waals surface area contributed by atoms with Crippen LogP contribution in [0.15, 0.2) is 85.1 Å². The first-order valence-electron chi connectivity index (χ1n) is 12.5.